The van der Waals surface area contributed by atoms with Gasteiger partial charge in [-0.2, -0.15) is 0 Å². The molecular formula is C55H46F2HfN2O4-2. The van der Waals surface area contributed by atoms with Gasteiger partial charge in [0, 0.05) is 76.1 Å². The summed E-state index contributed by atoms with van der Waals surface area (Å²) in [5, 5.41) is 28.2. The first-order chi connectivity index (χ1) is 29.7. The molecule has 10 rings (SSSR count). The zero-order chi connectivity index (χ0) is 41.8. The summed E-state index contributed by atoms with van der Waals surface area (Å²) in [6, 6.07) is 48.4. The fraction of sp³-hybridized carbons (Fsp3) is 0.0909. The molecule has 0 saturated heterocycles. The summed E-state index contributed by atoms with van der Waals surface area (Å²) in [5.41, 5.74) is 8.39. The molecule has 320 valence electrons. The van der Waals surface area contributed by atoms with Crippen LogP contribution in [0.1, 0.15) is 17.5 Å². The van der Waals surface area contributed by atoms with Gasteiger partial charge in [0.2, 0.25) is 0 Å². The molecule has 0 radical (unpaired) electrons. The monoisotopic (exact) mass is 1020 g/mol. The Balaban J connectivity index is 0.00000204. The fourth-order valence-corrected chi connectivity index (χ4v) is 8.74. The van der Waals surface area contributed by atoms with Crippen molar-refractivity contribution in [2.45, 2.75) is 20.3 Å². The number of phenols is 2. The molecule has 2 heterocycles. The number of fused-ring (bicyclic) bond motifs is 6. The van der Waals surface area contributed by atoms with Crippen molar-refractivity contribution in [1.29, 1.82) is 0 Å². The third-order valence-corrected chi connectivity index (χ3v) is 11.4. The number of aromatic nitrogens is 2. The summed E-state index contributed by atoms with van der Waals surface area (Å²) in [7, 11) is 0. The third-order valence-electron chi connectivity index (χ3n) is 11.4. The molecule has 0 fully saturated rings. The summed E-state index contributed by atoms with van der Waals surface area (Å²) < 4.78 is 46.6. The van der Waals surface area contributed by atoms with Crippen LogP contribution in [0.4, 0.5) is 8.78 Å². The van der Waals surface area contributed by atoms with Gasteiger partial charge < -0.3 is 43.7 Å². The Morgan fingerprint density at radius 3 is 1.11 bits per heavy atom. The number of phenolic OH excluding ortho intramolecular Hbond substituents is 2. The number of ether oxygens (including phenoxy) is 2. The summed E-state index contributed by atoms with van der Waals surface area (Å²) in [4.78, 5) is 0. The molecule has 0 aliphatic heterocycles. The van der Waals surface area contributed by atoms with Crippen LogP contribution in [-0.2, 0) is 25.8 Å². The predicted molar refractivity (Wildman–Crippen MR) is 254 cm³/mol. The van der Waals surface area contributed by atoms with E-state index in [1.165, 1.54) is 24.3 Å². The van der Waals surface area contributed by atoms with Gasteiger partial charge in [-0.25, -0.2) is 8.78 Å². The third kappa shape index (κ3) is 7.94. The van der Waals surface area contributed by atoms with E-state index in [2.05, 4.69) is 24.3 Å². The standard InChI is InChI=1S/C53H40F2N2O4.2CH3.Hf/c1-32-26-42(52(58)48(28-32)56-44-16-7-3-12-36(44)37-13-4-8-17-45(37)56)40-30-34(54)20-22-50(40)60-24-11-25-61-51-23-21-35(55)31-41(51)43-27-33(2)29-49(53(43)59)57-46-18-9-5-14-38(46)39-15-6-10-19-47(39)57;;;/h3-10,12-23,26-31,58-59H,11,24-25H2,1-2H3;2*1H3;/q;2*-1;. The molecular weight excluding hydrogens is 969 g/mol. The first kappa shape index (κ1) is 45.3. The Hall–Kier alpha value is -6.71. The van der Waals surface area contributed by atoms with Gasteiger partial charge in [0.15, 0.2) is 0 Å². The second-order valence-corrected chi connectivity index (χ2v) is 15.4. The maximum Gasteiger partial charge on any atom is 0.147 e. The van der Waals surface area contributed by atoms with Gasteiger partial charge in [-0.3, -0.25) is 0 Å². The van der Waals surface area contributed by atoms with E-state index in [0.29, 0.717) is 51.5 Å². The van der Waals surface area contributed by atoms with Crippen LogP contribution in [0.5, 0.6) is 23.0 Å². The number of aromatic hydroxyl groups is 2. The van der Waals surface area contributed by atoms with Crippen LogP contribution in [-0.4, -0.2) is 32.6 Å². The van der Waals surface area contributed by atoms with Crippen LogP contribution in [0, 0.1) is 40.3 Å². The largest absolute Gasteiger partial charge is 0.505 e. The summed E-state index contributed by atoms with van der Waals surface area (Å²) >= 11 is 0. The zero-order valence-corrected chi connectivity index (χ0v) is 39.6. The molecule has 6 nitrogen and oxygen atoms in total. The molecule has 9 heteroatoms. The predicted octanol–water partition coefficient (Wildman–Crippen LogP) is 14.3. The van der Waals surface area contributed by atoms with E-state index in [1.54, 1.807) is 12.1 Å². The molecule has 0 amide bonds. The Morgan fingerprint density at radius 1 is 0.438 bits per heavy atom. The molecule has 0 atom stereocenters. The number of benzene rings is 8. The number of para-hydroxylation sites is 4. The van der Waals surface area contributed by atoms with Gasteiger partial charge in [-0.05, 0) is 110 Å². The summed E-state index contributed by atoms with van der Waals surface area (Å²) in [5.74, 6) is -0.120. The summed E-state index contributed by atoms with van der Waals surface area (Å²) in [6.45, 7) is 4.30. The van der Waals surface area contributed by atoms with E-state index in [9.17, 15) is 19.0 Å². The van der Waals surface area contributed by atoms with E-state index in [0.717, 1.165) is 54.7 Å². The molecule has 0 unspecified atom stereocenters. The Bertz CT molecular complexity index is 3010. The second kappa shape index (κ2) is 18.6. The van der Waals surface area contributed by atoms with E-state index < -0.39 is 11.6 Å². The van der Waals surface area contributed by atoms with Crippen molar-refractivity contribution in [2.24, 2.45) is 0 Å². The normalized spacial score (nSPS) is 11.1. The van der Waals surface area contributed by atoms with Gasteiger partial charge in [0.25, 0.3) is 0 Å². The molecule has 2 aromatic heterocycles. The number of hydrogen-bond donors (Lipinski definition) is 2. The van der Waals surface area contributed by atoms with Crippen molar-refractivity contribution in [1.82, 2.24) is 9.13 Å². The van der Waals surface area contributed by atoms with Crippen LogP contribution < -0.4 is 9.47 Å². The Labute approximate surface area is 390 Å². The maximum atomic E-state index is 15.0. The van der Waals surface area contributed by atoms with Gasteiger partial charge in [0.05, 0.1) is 46.7 Å². The maximum absolute atomic E-state index is 15.0. The Morgan fingerprint density at radius 2 is 0.766 bits per heavy atom. The average Bonchev–Trinajstić information content (AvgIpc) is 3.79. The van der Waals surface area contributed by atoms with Gasteiger partial charge >= 0.3 is 0 Å². The topological polar surface area (TPSA) is 68.8 Å². The number of hydrogen-bond acceptors (Lipinski definition) is 4. The SMILES string of the molecule is Cc1cc(-c2cc(F)ccc2OCCCOc2ccc(F)cc2-c2cc(C)cc(-n3c4ccccc4c4ccccc43)c2O)c(O)c(-n2c3ccccc3c3ccccc32)c1.[CH3-].[CH3-].[Hf]. The molecule has 0 bridgehead atoms. The molecule has 0 aliphatic rings. The number of rotatable bonds is 10. The first-order valence-corrected chi connectivity index (χ1v) is 20.2. The smallest absolute Gasteiger partial charge is 0.147 e. The van der Waals surface area contributed by atoms with Crippen molar-refractivity contribution in [3.8, 4) is 56.6 Å². The van der Waals surface area contributed by atoms with Gasteiger partial charge in [-0.15, -0.1) is 0 Å². The van der Waals surface area contributed by atoms with Crippen molar-refractivity contribution < 1.29 is 54.3 Å². The molecule has 10 aromatic rings. The van der Waals surface area contributed by atoms with Crippen LogP contribution in [0.3, 0.4) is 0 Å². The van der Waals surface area contributed by atoms with Crippen molar-refractivity contribution in [2.75, 3.05) is 13.2 Å². The Kier molecular flexibility index (Phi) is 13.1. The van der Waals surface area contributed by atoms with Crippen molar-refractivity contribution >= 4 is 43.6 Å². The van der Waals surface area contributed by atoms with Gasteiger partial charge in [0.1, 0.15) is 34.6 Å². The van der Waals surface area contributed by atoms with Crippen LogP contribution in [0.25, 0.3) is 77.2 Å². The van der Waals surface area contributed by atoms with Crippen LogP contribution in [0.2, 0.25) is 0 Å². The molecule has 0 aliphatic carbocycles. The number of nitrogens with zero attached hydrogens (tertiary/aromatic N) is 2. The first-order valence-electron chi connectivity index (χ1n) is 20.2. The quantitative estimate of drug-likeness (QED) is 0.0814. The minimum absolute atomic E-state index is 0. The minimum Gasteiger partial charge on any atom is -0.505 e. The van der Waals surface area contributed by atoms with E-state index in [4.69, 9.17) is 9.47 Å². The minimum atomic E-state index is -0.463. The second-order valence-electron chi connectivity index (χ2n) is 15.4. The van der Waals surface area contributed by atoms with Crippen LogP contribution in [0.15, 0.2) is 158 Å². The van der Waals surface area contributed by atoms with E-state index >= 15 is 0 Å². The average molecular weight is 1020 g/mol. The number of halogens is 2. The van der Waals surface area contributed by atoms with E-state index in [1.807, 2.05) is 120 Å². The van der Waals surface area contributed by atoms with Crippen molar-refractivity contribution in [3.63, 3.8) is 0 Å². The van der Waals surface area contributed by atoms with Crippen molar-refractivity contribution in [3.05, 3.63) is 195 Å². The molecule has 8 aromatic carbocycles. The van der Waals surface area contributed by atoms with Gasteiger partial charge in [-0.1, -0.05) is 72.8 Å². The van der Waals surface area contributed by atoms with E-state index in [-0.39, 0.29) is 65.4 Å². The number of aryl methyl sites for hydroxylation is 2. The molecule has 64 heavy (non-hydrogen) atoms. The molecule has 2 N–H and O–H groups in total. The van der Waals surface area contributed by atoms with Crippen LogP contribution >= 0.6 is 0 Å². The fourth-order valence-electron chi connectivity index (χ4n) is 8.74. The summed E-state index contributed by atoms with van der Waals surface area (Å²) in [6.07, 6.45) is 0.423. The molecule has 0 spiro atoms. The zero-order valence-electron chi connectivity index (χ0n) is 36.0. The molecule has 0 saturated carbocycles.